The highest BCUT2D eigenvalue weighted by atomic mass is 35.5. The van der Waals surface area contributed by atoms with Gasteiger partial charge in [-0.1, -0.05) is 23.2 Å². The average molecular weight is 378 g/mol. The maximum atomic E-state index is 12.8. The summed E-state index contributed by atoms with van der Waals surface area (Å²) in [6.07, 6.45) is -4.61. The Morgan fingerprint density at radius 3 is 2.38 bits per heavy atom. The van der Waals surface area contributed by atoms with Crippen LogP contribution in [0, 0.1) is 0 Å². The Hall–Kier alpha value is -1.92. The van der Waals surface area contributed by atoms with Gasteiger partial charge in [-0.25, -0.2) is 0 Å². The van der Waals surface area contributed by atoms with E-state index < -0.39 is 22.7 Å². The van der Waals surface area contributed by atoms with Gasteiger partial charge in [-0.2, -0.15) is 13.2 Å². The van der Waals surface area contributed by atoms with Crippen molar-refractivity contribution in [1.82, 2.24) is 0 Å². The molecule has 0 saturated heterocycles. The van der Waals surface area contributed by atoms with Crippen LogP contribution in [0.4, 0.5) is 18.9 Å². The van der Waals surface area contributed by atoms with E-state index in [1.807, 2.05) is 0 Å². The number of hydrogen-bond donors (Lipinski definition) is 1. The Bertz CT molecular complexity index is 718. The summed E-state index contributed by atoms with van der Waals surface area (Å²) < 4.78 is 43.6. The van der Waals surface area contributed by atoms with Gasteiger partial charge in [-0.05, 0) is 42.5 Å². The van der Waals surface area contributed by atoms with Crippen LogP contribution in [-0.4, -0.2) is 12.5 Å². The SMILES string of the molecule is O=C(CCOc1ccc(Cl)cc1)Nc1ccc(Cl)c(C(F)(F)F)c1. The molecule has 0 atom stereocenters. The van der Waals surface area contributed by atoms with Crippen LogP contribution in [0.5, 0.6) is 5.75 Å². The molecule has 0 unspecified atom stereocenters. The smallest absolute Gasteiger partial charge is 0.417 e. The second-order valence-corrected chi connectivity index (χ2v) is 5.64. The van der Waals surface area contributed by atoms with Crippen LogP contribution < -0.4 is 10.1 Å². The largest absolute Gasteiger partial charge is 0.493 e. The molecule has 1 amide bonds. The van der Waals surface area contributed by atoms with Crippen LogP contribution in [-0.2, 0) is 11.0 Å². The molecule has 0 aliphatic heterocycles. The first-order valence-corrected chi connectivity index (χ1v) is 7.56. The number of nitrogens with one attached hydrogen (secondary N) is 1. The molecule has 1 N–H and O–H groups in total. The second kappa shape index (κ2) is 7.77. The van der Waals surface area contributed by atoms with Crippen LogP contribution in [0.3, 0.4) is 0 Å². The van der Waals surface area contributed by atoms with Gasteiger partial charge in [0.15, 0.2) is 0 Å². The zero-order valence-corrected chi connectivity index (χ0v) is 13.7. The maximum absolute atomic E-state index is 12.8. The Labute approximate surface area is 146 Å². The van der Waals surface area contributed by atoms with Crippen LogP contribution in [0.2, 0.25) is 10.0 Å². The van der Waals surface area contributed by atoms with Crippen molar-refractivity contribution in [2.24, 2.45) is 0 Å². The summed E-state index contributed by atoms with van der Waals surface area (Å²) in [5.74, 6) is 0.0671. The first-order chi connectivity index (χ1) is 11.3. The minimum absolute atomic E-state index is 0.0169. The van der Waals surface area contributed by atoms with Crippen LogP contribution in [0.15, 0.2) is 42.5 Å². The van der Waals surface area contributed by atoms with Crippen molar-refractivity contribution < 1.29 is 22.7 Å². The van der Waals surface area contributed by atoms with Crippen molar-refractivity contribution in [3.05, 3.63) is 58.1 Å². The van der Waals surface area contributed by atoms with Gasteiger partial charge in [0, 0.05) is 10.7 Å². The summed E-state index contributed by atoms with van der Waals surface area (Å²) in [5.41, 5.74) is -0.984. The van der Waals surface area contributed by atoms with E-state index >= 15 is 0 Å². The topological polar surface area (TPSA) is 38.3 Å². The molecular weight excluding hydrogens is 366 g/mol. The molecular formula is C16H12Cl2F3NO2. The monoisotopic (exact) mass is 377 g/mol. The van der Waals surface area contributed by atoms with Gasteiger partial charge in [-0.15, -0.1) is 0 Å². The zero-order valence-electron chi connectivity index (χ0n) is 12.2. The van der Waals surface area contributed by atoms with Crippen molar-refractivity contribution in [2.75, 3.05) is 11.9 Å². The Balaban J connectivity index is 1.89. The molecule has 3 nitrogen and oxygen atoms in total. The van der Waals surface area contributed by atoms with Crippen LogP contribution in [0.25, 0.3) is 0 Å². The summed E-state index contributed by atoms with van der Waals surface area (Å²) in [5, 5.41) is 2.51. The normalized spacial score (nSPS) is 11.2. The van der Waals surface area contributed by atoms with Gasteiger partial charge < -0.3 is 10.1 Å². The molecule has 0 bridgehead atoms. The molecule has 8 heteroatoms. The lowest BCUT2D eigenvalue weighted by Gasteiger charge is -2.12. The number of carbonyl (C=O) groups excluding carboxylic acids is 1. The lowest BCUT2D eigenvalue weighted by molar-refractivity contribution is -0.137. The van der Waals surface area contributed by atoms with Crippen molar-refractivity contribution in [1.29, 1.82) is 0 Å². The minimum atomic E-state index is -4.59. The third kappa shape index (κ3) is 5.32. The first kappa shape index (κ1) is 18.4. The molecule has 0 radical (unpaired) electrons. The van der Waals surface area contributed by atoms with E-state index in [0.717, 1.165) is 12.1 Å². The zero-order chi connectivity index (χ0) is 17.7. The van der Waals surface area contributed by atoms with E-state index in [9.17, 15) is 18.0 Å². The summed E-state index contributed by atoms with van der Waals surface area (Å²) in [7, 11) is 0. The van der Waals surface area contributed by atoms with Gasteiger partial charge in [0.2, 0.25) is 5.91 Å². The molecule has 2 aromatic rings. The highest BCUT2D eigenvalue weighted by Gasteiger charge is 2.33. The number of anilines is 1. The second-order valence-electron chi connectivity index (χ2n) is 4.79. The average Bonchev–Trinajstić information content (AvgIpc) is 2.50. The molecule has 0 aliphatic carbocycles. The van der Waals surface area contributed by atoms with Gasteiger partial charge >= 0.3 is 6.18 Å². The van der Waals surface area contributed by atoms with Crippen molar-refractivity contribution >= 4 is 34.8 Å². The maximum Gasteiger partial charge on any atom is 0.417 e. The fourth-order valence-corrected chi connectivity index (χ4v) is 2.19. The number of amides is 1. The number of ether oxygens (including phenoxy) is 1. The Morgan fingerprint density at radius 2 is 1.75 bits per heavy atom. The number of alkyl halides is 3. The third-order valence-corrected chi connectivity index (χ3v) is 3.55. The molecule has 0 heterocycles. The van der Waals surface area contributed by atoms with Crippen LogP contribution >= 0.6 is 23.2 Å². The molecule has 24 heavy (non-hydrogen) atoms. The lowest BCUT2D eigenvalue weighted by atomic mass is 10.2. The Morgan fingerprint density at radius 1 is 1.08 bits per heavy atom. The van der Waals surface area contributed by atoms with E-state index in [1.54, 1.807) is 24.3 Å². The van der Waals surface area contributed by atoms with Crippen molar-refractivity contribution in [3.8, 4) is 5.75 Å². The number of benzene rings is 2. The third-order valence-electron chi connectivity index (χ3n) is 2.97. The number of carbonyl (C=O) groups is 1. The number of halogens is 5. The van der Waals surface area contributed by atoms with Gasteiger partial charge in [0.05, 0.1) is 23.6 Å². The fraction of sp³-hybridized carbons (Fsp3) is 0.188. The molecule has 0 spiro atoms. The summed E-state index contributed by atoms with van der Waals surface area (Å²) >= 11 is 11.3. The van der Waals surface area contributed by atoms with Crippen LogP contribution in [0.1, 0.15) is 12.0 Å². The standard InChI is InChI=1S/C16H12Cl2F3NO2/c17-10-1-4-12(5-2-10)24-8-7-15(23)22-11-3-6-14(18)13(9-11)16(19,20)21/h1-6,9H,7-8H2,(H,22,23). The molecule has 128 valence electrons. The van der Waals surface area contributed by atoms with Crippen molar-refractivity contribution in [2.45, 2.75) is 12.6 Å². The van der Waals surface area contributed by atoms with E-state index in [0.29, 0.717) is 10.8 Å². The molecule has 0 aliphatic rings. The molecule has 0 aromatic heterocycles. The molecule has 2 rings (SSSR count). The molecule has 0 saturated carbocycles. The van der Waals surface area contributed by atoms with E-state index in [-0.39, 0.29) is 18.7 Å². The van der Waals surface area contributed by atoms with Crippen molar-refractivity contribution in [3.63, 3.8) is 0 Å². The summed E-state index contributed by atoms with van der Waals surface area (Å²) in [6, 6.07) is 9.76. The summed E-state index contributed by atoms with van der Waals surface area (Å²) in [4.78, 5) is 11.8. The number of rotatable bonds is 5. The lowest BCUT2D eigenvalue weighted by Crippen LogP contribution is -2.16. The van der Waals surface area contributed by atoms with Gasteiger partial charge in [-0.3, -0.25) is 4.79 Å². The van der Waals surface area contributed by atoms with E-state index in [2.05, 4.69) is 5.32 Å². The fourth-order valence-electron chi connectivity index (χ4n) is 1.84. The quantitative estimate of drug-likeness (QED) is 0.755. The highest BCUT2D eigenvalue weighted by Crippen LogP contribution is 2.36. The van der Waals surface area contributed by atoms with Gasteiger partial charge in [0.1, 0.15) is 5.75 Å². The summed E-state index contributed by atoms with van der Waals surface area (Å²) in [6.45, 7) is 0.0766. The molecule has 2 aromatic carbocycles. The van der Waals surface area contributed by atoms with E-state index in [1.165, 1.54) is 6.07 Å². The first-order valence-electron chi connectivity index (χ1n) is 6.80. The predicted octanol–water partition coefficient (Wildman–Crippen LogP) is 5.42. The number of hydrogen-bond acceptors (Lipinski definition) is 2. The highest BCUT2D eigenvalue weighted by molar-refractivity contribution is 6.31. The molecule has 0 fully saturated rings. The Kier molecular flexibility index (Phi) is 5.96. The van der Waals surface area contributed by atoms with Gasteiger partial charge in [0.25, 0.3) is 0 Å². The predicted molar refractivity (Wildman–Crippen MR) is 86.6 cm³/mol. The van der Waals surface area contributed by atoms with E-state index in [4.69, 9.17) is 27.9 Å². The minimum Gasteiger partial charge on any atom is -0.493 e.